The molecular weight excluding hydrogens is 436 g/mol. The summed E-state index contributed by atoms with van der Waals surface area (Å²) in [5.41, 5.74) is 0.757. The third kappa shape index (κ3) is 4.35. The number of halogens is 1. The molecule has 1 amide bonds. The molecule has 29 heavy (non-hydrogen) atoms. The van der Waals surface area contributed by atoms with E-state index in [-0.39, 0.29) is 35.1 Å². The highest BCUT2D eigenvalue weighted by molar-refractivity contribution is 7.91. The quantitative estimate of drug-likeness (QED) is 0.635. The van der Waals surface area contributed by atoms with E-state index in [2.05, 4.69) is 15.5 Å². The Balaban J connectivity index is 1.35. The van der Waals surface area contributed by atoms with Gasteiger partial charge in [0.05, 0.1) is 4.34 Å². The summed E-state index contributed by atoms with van der Waals surface area (Å²) in [6.07, 6.45) is 0.813. The van der Waals surface area contributed by atoms with Crippen LogP contribution in [0.2, 0.25) is 4.34 Å². The number of sulfonamides is 1. The number of carbonyl (C=O) groups excluding carboxylic acids is 1. The molecule has 0 unspecified atom stereocenters. The minimum absolute atomic E-state index is 0.0251. The molecule has 0 aliphatic carbocycles. The van der Waals surface area contributed by atoms with Crippen molar-refractivity contribution in [2.75, 3.05) is 18.4 Å². The Morgan fingerprint density at radius 3 is 2.52 bits per heavy atom. The van der Waals surface area contributed by atoms with Gasteiger partial charge in [-0.05, 0) is 37.1 Å². The van der Waals surface area contributed by atoms with Gasteiger partial charge in [-0.2, -0.15) is 4.31 Å². The number of rotatable bonds is 5. The van der Waals surface area contributed by atoms with Crippen LogP contribution in [0.1, 0.15) is 12.8 Å². The van der Waals surface area contributed by atoms with E-state index in [9.17, 15) is 13.2 Å². The molecule has 2 aromatic heterocycles. The number of amides is 1. The molecule has 0 saturated carbocycles. The first-order valence-corrected chi connectivity index (χ1v) is 11.5. The van der Waals surface area contributed by atoms with Gasteiger partial charge in [0.25, 0.3) is 10.0 Å². The van der Waals surface area contributed by atoms with Crippen LogP contribution in [0.25, 0.3) is 11.5 Å². The maximum absolute atomic E-state index is 12.6. The number of anilines is 1. The lowest BCUT2D eigenvalue weighted by Gasteiger charge is -2.29. The zero-order valence-electron chi connectivity index (χ0n) is 15.1. The molecule has 0 bridgehead atoms. The first-order valence-electron chi connectivity index (χ1n) is 8.89. The lowest BCUT2D eigenvalue weighted by molar-refractivity contribution is -0.121. The van der Waals surface area contributed by atoms with E-state index in [0.29, 0.717) is 23.1 Å². The molecule has 1 N–H and O–H groups in total. The third-order valence-electron chi connectivity index (χ3n) is 4.64. The summed E-state index contributed by atoms with van der Waals surface area (Å²) in [6.45, 7) is 0.518. The van der Waals surface area contributed by atoms with Crippen LogP contribution >= 0.6 is 22.9 Å². The van der Waals surface area contributed by atoms with E-state index in [1.54, 1.807) is 6.07 Å². The number of hydrogen-bond donors (Lipinski definition) is 1. The Labute approximate surface area is 176 Å². The average Bonchev–Trinajstić information content (AvgIpc) is 3.38. The number of nitrogens with zero attached hydrogens (tertiary/aromatic N) is 3. The Bertz CT molecular complexity index is 1110. The first-order chi connectivity index (χ1) is 13.9. The van der Waals surface area contributed by atoms with Crippen molar-refractivity contribution in [3.05, 3.63) is 46.8 Å². The SMILES string of the molecule is O=C(Nc1nnc(-c2ccccc2)o1)C1CCN(S(=O)(=O)c2ccc(Cl)s2)CC1. The van der Waals surface area contributed by atoms with Gasteiger partial charge in [0.15, 0.2) is 0 Å². The van der Waals surface area contributed by atoms with Gasteiger partial charge in [0, 0.05) is 24.6 Å². The highest BCUT2D eigenvalue weighted by Gasteiger charge is 2.33. The molecule has 0 atom stereocenters. The van der Waals surface area contributed by atoms with Crippen molar-refractivity contribution in [3.63, 3.8) is 0 Å². The van der Waals surface area contributed by atoms with Crippen LogP contribution in [0.3, 0.4) is 0 Å². The van der Waals surface area contributed by atoms with Crippen LogP contribution in [0, 0.1) is 5.92 Å². The number of hydrogen-bond acceptors (Lipinski definition) is 7. The van der Waals surface area contributed by atoms with E-state index < -0.39 is 10.0 Å². The third-order valence-corrected chi connectivity index (χ3v) is 8.24. The van der Waals surface area contributed by atoms with E-state index in [1.165, 1.54) is 10.4 Å². The van der Waals surface area contributed by atoms with Gasteiger partial charge in [-0.1, -0.05) is 34.9 Å². The molecule has 152 valence electrons. The van der Waals surface area contributed by atoms with Gasteiger partial charge in [0.1, 0.15) is 4.21 Å². The van der Waals surface area contributed by atoms with Gasteiger partial charge in [-0.3, -0.25) is 10.1 Å². The summed E-state index contributed by atoms with van der Waals surface area (Å²) in [5, 5.41) is 10.4. The molecule has 0 radical (unpaired) electrons. The molecule has 3 aromatic rings. The molecule has 1 fully saturated rings. The van der Waals surface area contributed by atoms with Crippen molar-refractivity contribution >= 4 is 44.9 Å². The number of piperidine rings is 1. The van der Waals surface area contributed by atoms with Gasteiger partial charge >= 0.3 is 6.01 Å². The largest absolute Gasteiger partial charge is 0.403 e. The zero-order chi connectivity index (χ0) is 20.4. The number of carbonyl (C=O) groups is 1. The fraction of sp³-hybridized carbons (Fsp3) is 0.278. The van der Waals surface area contributed by atoms with Crippen LogP contribution in [-0.2, 0) is 14.8 Å². The van der Waals surface area contributed by atoms with Crippen LogP contribution in [0.5, 0.6) is 0 Å². The molecule has 0 spiro atoms. The topological polar surface area (TPSA) is 105 Å². The molecular formula is C18H17ClN4O4S2. The smallest absolute Gasteiger partial charge is 0.322 e. The van der Waals surface area contributed by atoms with Crippen LogP contribution in [0.15, 0.2) is 51.1 Å². The van der Waals surface area contributed by atoms with Gasteiger partial charge in [-0.25, -0.2) is 8.42 Å². The molecule has 8 nitrogen and oxygen atoms in total. The Morgan fingerprint density at radius 1 is 1.14 bits per heavy atom. The van der Waals surface area contributed by atoms with Crippen molar-refractivity contribution in [1.82, 2.24) is 14.5 Å². The van der Waals surface area contributed by atoms with Gasteiger partial charge < -0.3 is 4.42 Å². The van der Waals surface area contributed by atoms with Crippen molar-refractivity contribution in [3.8, 4) is 11.5 Å². The second kappa shape index (κ2) is 8.23. The van der Waals surface area contributed by atoms with Crippen LogP contribution < -0.4 is 5.32 Å². The summed E-state index contributed by atoms with van der Waals surface area (Å²) in [7, 11) is -3.58. The minimum Gasteiger partial charge on any atom is -0.403 e. The van der Waals surface area contributed by atoms with Crippen molar-refractivity contribution in [2.24, 2.45) is 5.92 Å². The first kappa shape index (κ1) is 20.0. The molecule has 1 aliphatic heterocycles. The summed E-state index contributed by atoms with van der Waals surface area (Å²) >= 11 is 6.88. The number of benzene rings is 1. The number of nitrogens with one attached hydrogen (secondary N) is 1. The summed E-state index contributed by atoms with van der Waals surface area (Å²) < 4.78 is 32.8. The van der Waals surface area contributed by atoms with Crippen molar-refractivity contribution < 1.29 is 17.6 Å². The maximum Gasteiger partial charge on any atom is 0.322 e. The Hall–Kier alpha value is -2.27. The maximum atomic E-state index is 12.6. The zero-order valence-corrected chi connectivity index (χ0v) is 17.5. The fourth-order valence-corrected chi connectivity index (χ4v) is 6.21. The molecule has 3 heterocycles. The molecule has 1 saturated heterocycles. The standard InChI is InChI=1S/C18H17ClN4O4S2/c19-14-6-7-15(28-14)29(25,26)23-10-8-12(9-11-23)16(24)20-18-22-21-17(27-18)13-4-2-1-3-5-13/h1-7,12H,8-11H2,(H,20,22,24). The minimum atomic E-state index is -3.58. The average molecular weight is 453 g/mol. The highest BCUT2D eigenvalue weighted by Crippen LogP contribution is 2.31. The van der Waals surface area contributed by atoms with Gasteiger partial charge in [-0.15, -0.1) is 16.4 Å². The Morgan fingerprint density at radius 2 is 1.86 bits per heavy atom. The van der Waals surface area contributed by atoms with E-state index >= 15 is 0 Å². The summed E-state index contributed by atoms with van der Waals surface area (Å²) in [6, 6.07) is 12.3. The molecule has 4 rings (SSSR count). The van der Waals surface area contributed by atoms with E-state index in [1.807, 2.05) is 30.3 Å². The number of thiophene rings is 1. The predicted octanol–water partition coefficient (Wildman–Crippen LogP) is 3.49. The van der Waals surface area contributed by atoms with Gasteiger partial charge in [0.2, 0.25) is 11.8 Å². The highest BCUT2D eigenvalue weighted by atomic mass is 35.5. The molecule has 1 aromatic carbocycles. The lowest BCUT2D eigenvalue weighted by Crippen LogP contribution is -2.41. The monoisotopic (exact) mass is 452 g/mol. The van der Waals surface area contributed by atoms with E-state index in [0.717, 1.165) is 16.9 Å². The molecule has 11 heteroatoms. The van der Waals surface area contributed by atoms with E-state index in [4.69, 9.17) is 16.0 Å². The Kier molecular flexibility index (Phi) is 5.68. The predicted molar refractivity (Wildman–Crippen MR) is 109 cm³/mol. The normalized spacial score (nSPS) is 16.0. The summed E-state index contributed by atoms with van der Waals surface area (Å²) in [5.74, 6) is -0.277. The van der Waals surface area contributed by atoms with Crippen molar-refractivity contribution in [2.45, 2.75) is 17.1 Å². The second-order valence-electron chi connectivity index (χ2n) is 6.50. The summed E-state index contributed by atoms with van der Waals surface area (Å²) in [4.78, 5) is 12.5. The molecule has 1 aliphatic rings. The lowest BCUT2D eigenvalue weighted by atomic mass is 9.97. The second-order valence-corrected chi connectivity index (χ2v) is 10.4. The van der Waals surface area contributed by atoms with Crippen molar-refractivity contribution in [1.29, 1.82) is 0 Å². The van der Waals surface area contributed by atoms with Crippen LogP contribution in [0.4, 0.5) is 6.01 Å². The van der Waals surface area contributed by atoms with Crippen LogP contribution in [-0.4, -0.2) is 41.9 Å². The fourth-order valence-electron chi connectivity index (χ4n) is 3.10. The number of aromatic nitrogens is 2.